The zero-order chi connectivity index (χ0) is 24.9. The molecule has 5 rings (SSSR count). The first kappa shape index (κ1) is 24.4. The van der Waals surface area contributed by atoms with Gasteiger partial charge in [-0.1, -0.05) is 38.4 Å². The largest absolute Gasteiger partial charge is 0.481 e. The average molecular weight is 498 g/mol. The van der Waals surface area contributed by atoms with Crippen molar-refractivity contribution < 1.29 is 14.7 Å². The highest BCUT2D eigenvalue weighted by molar-refractivity contribution is 6.37. The van der Waals surface area contributed by atoms with Crippen molar-refractivity contribution >= 4 is 40.1 Å². The van der Waals surface area contributed by atoms with Gasteiger partial charge in [0.05, 0.1) is 10.9 Å². The van der Waals surface area contributed by atoms with E-state index in [2.05, 4.69) is 31.1 Å². The molecule has 3 fully saturated rings. The summed E-state index contributed by atoms with van der Waals surface area (Å²) >= 11 is 6.77. The lowest BCUT2D eigenvalue weighted by atomic mass is 9.71. The standard InChI is InChI=1S/C28H36ClN3O3/c1-28(2,3)19-5-7-20(8-6-19)31-25-24(29)23-11-4-16(12-18(23)15-30-25)26(33)32-21-9-10-22(32)14-17(13-21)27(34)35/h4,11-12,15,17,19-22H,5-10,13-14H2,1-3H3,(H,30,31)(H,34,35). The average Bonchev–Trinajstić information content (AvgIpc) is 3.08. The summed E-state index contributed by atoms with van der Waals surface area (Å²) in [7, 11) is 0. The lowest BCUT2D eigenvalue weighted by Crippen LogP contribution is -2.47. The molecule has 2 atom stereocenters. The van der Waals surface area contributed by atoms with Crippen molar-refractivity contribution in [3.63, 3.8) is 0 Å². The van der Waals surface area contributed by atoms with Crippen molar-refractivity contribution in [2.45, 2.75) is 90.3 Å². The van der Waals surface area contributed by atoms with Crippen molar-refractivity contribution in [3.05, 3.63) is 35.0 Å². The summed E-state index contributed by atoms with van der Waals surface area (Å²) in [5.41, 5.74) is 0.965. The maximum Gasteiger partial charge on any atom is 0.306 e. The third-order valence-electron chi connectivity index (χ3n) is 8.69. The minimum Gasteiger partial charge on any atom is -0.481 e. The number of nitrogens with one attached hydrogen (secondary N) is 1. The predicted octanol–water partition coefficient (Wildman–Crippen LogP) is 6.37. The second-order valence-corrected chi connectivity index (χ2v) is 12.3. The fourth-order valence-electron chi connectivity index (χ4n) is 6.58. The molecule has 2 bridgehead atoms. The van der Waals surface area contributed by atoms with E-state index in [0.29, 0.717) is 40.7 Å². The summed E-state index contributed by atoms with van der Waals surface area (Å²) in [6, 6.07) is 6.04. The first-order valence-electron chi connectivity index (χ1n) is 13.0. The molecule has 2 N–H and O–H groups in total. The van der Waals surface area contributed by atoms with Crippen LogP contribution in [0, 0.1) is 17.3 Å². The number of aliphatic carboxylic acids is 1. The fourth-order valence-corrected chi connectivity index (χ4v) is 6.85. The molecule has 2 aliphatic heterocycles. The van der Waals surface area contributed by atoms with E-state index in [-0.39, 0.29) is 23.9 Å². The second kappa shape index (κ2) is 9.27. The molecular formula is C28H36ClN3O3. The molecule has 2 aromatic rings. The maximum atomic E-state index is 13.4. The van der Waals surface area contributed by atoms with Gasteiger partial charge in [-0.15, -0.1) is 0 Å². The molecule has 1 aromatic heterocycles. The van der Waals surface area contributed by atoms with Crippen molar-refractivity contribution in [1.82, 2.24) is 9.88 Å². The number of halogens is 1. The van der Waals surface area contributed by atoms with Crippen molar-refractivity contribution in [2.75, 3.05) is 5.32 Å². The molecule has 1 aromatic carbocycles. The number of carboxylic acids is 1. The van der Waals surface area contributed by atoms with E-state index >= 15 is 0 Å². The Bertz CT molecular complexity index is 1120. The van der Waals surface area contributed by atoms with Crippen molar-refractivity contribution in [1.29, 1.82) is 0 Å². The third kappa shape index (κ3) is 4.74. The number of aromatic nitrogens is 1. The van der Waals surface area contributed by atoms with Gasteiger partial charge in [0.1, 0.15) is 5.82 Å². The van der Waals surface area contributed by atoms with Crippen molar-refractivity contribution in [3.8, 4) is 0 Å². The highest BCUT2D eigenvalue weighted by Gasteiger charge is 2.45. The molecule has 1 aliphatic carbocycles. The lowest BCUT2D eigenvalue weighted by molar-refractivity contribution is -0.144. The molecule has 3 heterocycles. The summed E-state index contributed by atoms with van der Waals surface area (Å²) in [5, 5.41) is 15.3. The van der Waals surface area contributed by atoms with Gasteiger partial charge < -0.3 is 15.3 Å². The van der Waals surface area contributed by atoms with Crippen LogP contribution in [0.25, 0.3) is 10.8 Å². The quantitative estimate of drug-likeness (QED) is 0.512. The number of benzene rings is 1. The number of pyridine rings is 1. The molecule has 0 spiro atoms. The summed E-state index contributed by atoms with van der Waals surface area (Å²) in [6.07, 6.45) is 9.32. The smallest absolute Gasteiger partial charge is 0.306 e. The van der Waals surface area contributed by atoms with E-state index in [4.69, 9.17) is 11.6 Å². The molecule has 2 unspecified atom stereocenters. The van der Waals surface area contributed by atoms with Gasteiger partial charge in [0.2, 0.25) is 0 Å². The second-order valence-electron chi connectivity index (χ2n) is 11.9. The van der Waals surface area contributed by atoms with Crippen LogP contribution in [0.4, 0.5) is 5.82 Å². The minimum atomic E-state index is -0.743. The van der Waals surface area contributed by atoms with Crippen LogP contribution in [-0.4, -0.2) is 45.0 Å². The summed E-state index contributed by atoms with van der Waals surface area (Å²) in [6.45, 7) is 6.99. The van der Waals surface area contributed by atoms with Gasteiger partial charge in [-0.3, -0.25) is 9.59 Å². The molecular weight excluding hydrogens is 462 g/mol. The van der Waals surface area contributed by atoms with E-state index in [1.54, 1.807) is 6.20 Å². The third-order valence-corrected chi connectivity index (χ3v) is 9.07. The number of rotatable bonds is 4. The molecule has 1 saturated carbocycles. The van der Waals surface area contributed by atoms with Crippen molar-refractivity contribution in [2.24, 2.45) is 17.3 Å². The van der Waals surface area contributed by atoms with Gasteiger partial charge in [-0.2, -0.15) is 0 Å². The number of piperidine rings is 1. The lowest BCUT2D eigenvalue weighted by Gasteiger charge is -2.37. The normalized spacial score (nSPS) is 28.8. The highest BCUT2D eigenvalue weighted by Crippen LogP contribution is 2.41. The monoisotopic (exact) mass is 497 g/mol. The zero-order valence-corrected chi connectivity index (χ0v) is 21.6. The zero-order valence-electron chi connectivity index (χ0n) is 20.9. The number of hydrogen-bond acceptors (Lipinski definition) is 4. The summed E-state index contributed by atoms with van der Waals surface area (Å²) in [4.78, 5) is 31.4. The van der Waals surface area contributed by atoms with Gasteiger partial charge in [-0.05, 0) is 74.8 Å². The Balaban J connectivity index is 1.30. The van der Waals surface area contributed by atoms with Gasteiger partial charge in [0.25, 0.3) is 5.91 Å². The van der Waals surface area contributed by atoms with Crippen LogP contribution in [0.15, 0.2) is 24.4 Å². The topological polar surface area (TPSA) is 82.5 Å². The molecule has 2 saturated heterocycles. The van der Waals surface area contributed by atoms with E-state index in [9.17, 15) is 14.7 Å². The summed E-state index contributed by atoms with van der Waals surface area (Å²) < 4.78 is 0. The van der Waals surface area contributed by atoms with Crippen LogP contribution < -0.4 is 5.32 Å². The van der Waals surface area contributed by atoms with Gasteiger partial charge in [-0.25, -0.2) is 4.98 Å². The molecule has 3 aliphatic rings. The van der Waals surface area contributed by atoms with E-state index in [1.807, 2.05) is 23.1 Å². The predicted molar refractivity (Wildman–Crippen MR) is 139 cm³/mol. The Morgan fingerprint density at radius 2 is 1.71 bits per heavy atom. The highest BCUT2D eigenvalue weighted by atomic mass is 35.5. The number of nitrogens with zero attached hydrogens (tertiary/aromatic N) is 2. The van der Waals surface area contributed by atoms with Crippen LogP contribution >= 0.6 is 11.6 Å². The number of carbonyl (C=O) groups excluding carboxylic acids is 1. The number of amides is 1. The summed E-state index contributed by atoms with van der Waals surface area (Å²) in [5.74, 6) is 0.364. The molecule has 35 heavy (non-hydrogen) atoms. The van der Waals surface area contributed by atoms with Crippen LogP contribution in [0.1, 0.15) is 82.5 Å². The fraction of sp³-hybridized carbons (Fsp3) is 0.607. The first-order chi connectivity index (χ1) is 16.6. The van der Waals surface area contributed by atoms with E-state index in [1.165, 1.54) is 12.8 Å². The van der Waals surface area contributed by atoms with Gasteiger partial charge in [0, 0.05) is 40.7 Å². The van der Waals surface area contributed by atoms with Crippen LogP contribution in [-0.2, 0) is 4.79 Å². The number of hydrogen-bond donors (Lipinski definition) is 2. The number of carboxylic acid groups (broad SMARTS) is 1. The van der Waals surface area contributed by atoms with E-state index in [0.717, 1.165) is 42.4 Å². The molecule has 6 nitrogen and oxygen atoms in total. The Hall–Kier alpha value is -2.34. The maximum absolute atomic E-state index is 13.4. The minimum absolute atomic E-state index is 0.0136. The number of anilines is 1. The molecule has 0 radical (unpaired) electrons. The van der Waals surface area contributed by atoms with Gasteiger partial charge >= 0.3 is 5.97 Å². The SMILES string of the molecule is CC(C)(C)C1CCC(Nc2ncc3cc(C(=O)N4C5CCC4CC(C(=O)O)C5)ccc3c2Cl)CC1. The first-order valence-corrected chi connectivity index (χ1v) is 13.4. The molecule has 1 amide bonds. The Morgan fingerprint density at radius 3 is 2.31 bits per heavy atom. The molecule has 7 heteroatoms. The van der Waals surface area contributed by atoms with Gasteiger partial charge in [0.15, 0.2) is 0 Å². The van der Waals surface area contributed by atoms with Crippen LogP contribution in [0.5, 0.6) is 0 Å². The van der Waals surface area contributed by atoms with E-state index < -0.39 is 5.97 Å². The molecule has 188 valence electrons. The Morgan fingerprint density at radius 1 is 1.06 bits per heavy atom. The number of carbonyl (C=O) groups is 2. The Kier molecular flexibility index (Phi) is 6.45. The number of fused-ring (bicyclic) bond motifs is 3. The van der Waals surface area contributed by atoms with Crippen LogP contribution in [0.3, 0.4) is 0 Å². The van der Waals surface area contributed by atoms with Crippen LogP contribution in [0.2, 0.25) is 5.02 Å². The Labute approximate surface area is 212 Å².